The van der Waals surface area contributed by atoms with Crippen molar-refractivity contribution in [2.24, 2.45) is 7.05 Å². The molecule has 0 radical (unpaired) electrons. The van der Waals surface area contributed by atoms with Gasteiger partial charge in [0.25, 0.3) is 5.56 Å². The van der Waals surface area contributed by atoms with Crippen molar-refractivity contribution in [3.05, 3.63) is 82.0 Å². The molecular weight excluding hydrogens is 404 g/mol. The Labute approximate surface area is 185 Å². The Morgan fingerprint density at radius 3 is 2.72 bits per heavy atom. The van der Waals surface area contributed by atoms with Crippen LogP contribution in [-0.4, -0.2) is 43.2 Å². The van der Waals surface area contributed by atoms with Gasteiger partial charge in [-0.15, -0.1) is 0 Å². The van der Waals surface area contributed by atoms with Crippen LogP contribution in [0.25, 0.3) is 27.8 Å². The van der Waals surface area contributed by atoms with Gasteiger partial charge in [0.1, 0.15) is 6.61 Å². The highest BCUT2D eigenvalue weighted by atomic mass is 16.3. The summed E-state index contributed by atoms with van der Waals surface area (Å²) in [6, 6.07) is 13.4. The fourth-order valence-corrected chi connectivity index (χ4v) is 4.51. The first-order valence-corrected chi connectivity index (χ1v) is 10.6. The van der Waals surface area contributed by atoms with Crippen molar-refractivity contribution in [3.63, 3.8) is 0 Å². The van der Waals surface area contributed by atoms with Crippen molar-refractivity contribution in [2.75, 3.05) is 13.2 Å². The van der Waals surface area contributed by atoms with Crippen LogP contribution >= 0.6 is 0 Å². The van der Waals surface area contributed by atoms with Crippen molar-refractivity contribution in [1.82, 2.24) is 19.0 Å². The Balaban J connectivity index is 1.53. The number of aliphatic hydroxyl groups excluding tert-OH is 1. The zero-order chi connectivity index (χ0) is 22.4. The molecule has 0 fully saturated rings. The zero-order valence-electron chi connectivity index (χ0n) is 18.1. The van der Waals surface area contributed by atoms with Gasteiger partial charge in [-0.1, -0.05) is 12.1 Å². The van der Waals surface area contributed by atoms with Crippen LogP contribution in [0.1, 0.15) is 16.8 Å². The van der Waals surface area contributed by atoms with E-state index in [0.717, 1.165) is 45.4 Å². The Kier molecular flexibility index (Phi) is 4.90. The van der Waals surface area contributed by atoms with Crippen LogP contribution in [0.15, 0.2) is 59.7 Å². The van der Waals surface area contributed by atoms with E-state index in [-0.39, 0.29) is 11.5 Å². The Morgan fingerprint density at radius 2 is 2.00 bits per heavy atom. The number of carbonyl (C=O) groups is 1. The van der Waals surface area contributed by atoms with Crippen LogP contribution in [0.3, 0.4) is 0 Å². The molecule has 5 rings (SSSR count). The van der Waals surface area contributed by atoms with Gasteiger partial charge in [-0.2, -0.15) is 0 Å². The number of aromatic nitrogens is 3. The standard InChI is InChI=1S/C25H24N4O3/c1-16-3-6-21(26-13-16)17-7-10-29(24(31)11-17)18-4-5-19-20-14-28(25(32)15-30)9-8-22(20)27(2)23(19)12-18/h3-7,10-13,30H,8-9,14-15H2,1-2H3. The third-order valence-corrected chi connectivity index (χ3v) is 6.28. The van der Waals surface area contributed by atoms with Gasteiger partial charge in [0.15, 0.2) is 0 Å². The van der Waals surface area contributed by atoms with Gasteiger partial charge in [0.2, 0.25) is 5.91 Å². The van der Waals surface area contributed by atoms with Gasteiger partial charge in [-0.3, -0.25) is 19.1 Å². The van der Waals surface area contributed by atoms with Crippen LogP contribution in [0, 0.1) is 6.92 Å². The first kappa shape index (κ1) is 20.2. The number of aliphatic hydroxyl groups is 1. The molecule has 0 spiro atoms. The first-order chi connectivity index (χ1) is 15.5. The fourth-order valence-electron chi connectivity index (χ4n) is 4.51. The summed E-state index contributed by atoms with van der Waals surface area (Å²) in [5.74, 6) is -0.251. The number of fused-ring (bicyclic) bond motifs is 3. The summed E-state index contributed by atoms with van der Waals surface area (Å²) >= 11 is 0. The van der Waals surface area contributed by atoms with E-state index in [1.54, 1.807) is 27.9 Å². The molecule has 7 nitrogen and oxygen atoms in total. The van der Waals surface area contributed by atoms with Crippen molar-refractivity contribution >= 4 is 16.8 Å². The molecule has 32 heavy (non-hydrogen) atoms. The molecule has 3 aromatic heterocycles. The van der Waals surface area contributed by atoms with Gasteiger partial charge < -0.3 is 14.6 Å². The molecule has 1 N–H and O–H groups in total. The second-order valence-electron chi connectivity index (χ2n) is 8.25. The van der Waals surface area contributed by atoms with E-state index in [4.69, 9.17) is 0 Å². The maximum absolute atomic E-state index is 12.9. The lowest BCUT2D eigenvalue weighted by Gasteiger charge is -2.27. The quantitative estimate of drug-likeness (QED) is 0.544. The van der Waals surface area contributed by atoms with Gasteiger partial charge in [-0.05, 0) is 36.8 Å². The van der Waals surface area contributed by atoms with Crippen LogP contribution < -0.4 is 5.56 Å². The summed E-state index contributed by atoms with van der Waals surface area (Å²) in [4.78, 5) is 31.0. The maximum Gasteiger partial charge on any atom is 0.255 e. The Hall–Kier alpha value is -3.71. The summed E-state index contributed by atoms with van der Waals surface area (Å²) in [6.07, 6.45) is 4.31. The third-order valence-electron chi connectivity index (χ3n) is 6.28. The second-order valence-corrected chi connectivity index (χ2v) is 8.25. The van der Waals surface area contributed by atoms with E-state index in [0.29, 0.717) is 13.1 Å². The molecule has 1 aliphatic rings. The van der Waals surface area contributed by atoms with E-state index >= 15 is 0 Å². The molecule has 0 saturated carbocycles. The molecule has 0 bridgehead atoms. The summed E-state index contributed by atoms with van der Waals surface area (Å²) in [5.41, 5.74) is 6.60. The normalized spacial score (nSPS) is 13.4. The molecule has 1 aromatic carbocycles. The number of hydrogen-bond donors (Lipinski definition) is 1. The molecule has 0 aliphatic carbocycles. The average Bonchev–Trinajstić information content (AvgIpc) is 3.10. The molecule has 0 unspecified atom stereocenters. The predicted octanol–water partition coefficient (Wildman–Crippen LogP) is 2.58. The minimum atomic E-state index is -0.471. The van der Waals surface area contributed by atoms with Crippen LogP contribution in [0.2, 0.25) is 0 Å². The fraction of sp³-hybridized carbons (Fsp3) is 0.240. The van der Waals surface area contributed by atoms with E-state index in [9.17, 15) is 14.7 Å². The SMILES string of the molecule is Cc1ccc(-c2ccn(-c3ccc4c5c(n(C)c4c3)CCN(C(=O)CO)C5)c(=O)c2)nc1. The topological polar surface area (TPSA) is 80.4 Å². The molecule has 1 aliphatic heterocycles. The number of benzene rings is 1. The zero-order valence-corrected chi connectivity index (χ0v) is 18.1. The monoisotopic (exact) mass is 428 g/mol. The smallest absolute Gasteiger partial charge is 0.255 e. The third kappa shape index (κ3) is 3.31. The van der Waals surface area contributed by atoms with Gasteiger partial charge in [0, 0.05) is 67.2 Å². The van der Waals surface area contributed by atoms with Gasteiger partial charge in [0.05, 0.1) is 16.9 Å². The van der Waals surface area contributed by atoms with E-state index in [2.05, 4.69) is 9.55 Å². The van der Waals surface area contributed by atoms with Crippen LogP contribution in [0.4, 0.5) is 0 Å². The number of rotatable bonds is 3. The lowest BCUT2D eigenvalue weighted by molar-refractivity contribution is -0.135. The van der Waals surface area contributed by atoms with Gasteiger partial charge >= 0.3 is 0 Å². The van der Waals surface area contributed by atoms with Crippen molar-refractivity contribution < 1.29 is 9.90 Å². The van der Waals surface area contributed by atoms with Crippen LogP contribution in [-0.2, 0) is 24.8 Å². The van der Waals surface area contributed by atoms with E-state index in [1.807, 2.05) is 50.4 Å². The lowest BCUT2D eigenvalue weighted by Crippen LogP contribution is -2.37. The Morgan fingerprint density at radius 1 is 1.16 bits per heavy atom. The Bertz CT molecular complexity index is 1400. The highest BCUT2D eigenvalue weighted by Crippen LogP contribution is 2.31. The minimum Gasteiger partial charge on any atom is -0.387 e. The van der Waals surface area contributed by atoms with Crippen molar-refractivity contribution in [3.8, 4) is 16.9 Å². The molecule has 4 aromatic rings. The maximum atomic E-state index is 12.9. The molecule has 7 heteroatoms. The van der Waals surface area contributed by atoms with E-state index in [1.165, 1.54) is 5.69 Å². The van der Waals surface area contributed by atoms with Crippen molar-refractivity contribution in [1.29, 1.82) is 0 Å². The molecule has 162 valence electrons. The summed E-state index contributed by atoms with van der Waals surface area (Å²) in [5, 5.41) is 10.3. The average molecular weight is 428 g/mol. The summed E-state index contributed by atoms with van der Waals surface area (Å²) < 4.78 is 3.77. The van der Waals surface area contributed by atoms with Crippen molar-refractivity contribution in [2.45, 2.75) is 19.9 Å². The highest BCUT2D eigenvalue weighted by molar-refractivity contribution is 5.88. The van der Waals surface area contributed by atoms with Gasteiger partial charge in [-0.25, -0.2) is 0 Å². The number of hydrogen-bond acceptors (Lipinski definition) is 4. The molecule has 0 atom stereocenters. The lowest BCUT2D eigenvalue weighted by atomic mass is 10.0. The number of carbonyl (C=O) groups excluding carboxylic acids is 1. The first-order valence-electron chi connectivity index (χ1n) is 10.6. The second kappa shape index (κ2) is 7.76. The predicted molar refractivity (Wildman–Crippen MR) is 123 cm³/mol. The van der Waals surface area contributed by atoms with E-state index < -0.39 is 6.61 Å². The number of amides is 1. The minimum absolute atomic E-state index is 0.122. The highest BCUT2D eigenvalue weighted by Gasteiger charge is 2.25. The largest absolute Gasteiger partial charge is 0.387 e. The molecular formula is C25H24N4O3. The molecule has 4 heterocycles. The molecule has 1 amide bonds. The summed E-state index contributed by atoms with van der Waals surface area (Å²) in [6.45, 7) is 2.59. The summed E-state index contributed by atoms with van der Waals surface area (Å²) in [7, 11) is 2.02. The number of pyridine rings is 2. The number of aryl methyl sites for hydroxylation is 2. The number of nitrogens with zero attached hydrogens (tertiary/aromatic N) is 4. The van der Waals surface area contributed by atoms with Crippen LogP contribution in [0.5, 0.6) is 0 Å². The molecule has 0 saturated heterocycles.